The Balaban J connectivity index is 0.000000503. The first-order chi connectivity index (χ1) is 11.8. The molecule has 2 aliphatic carbocycles. The van der Waals surface area contributed by atoms with E-state index in [1.807, 2.05) is 0 Å². The average molecular weight is 541 g/mol. The summed E-state index contributed by atoms with van der Waals surface area (Å²) < 4.78 is 0. The largest absolute Gasteiger partial charge is 4.00 e. The van der Waals surface area contributed by atoms with Gasteiger partial charge in [-0.2, -0.15) is 33.4 Å². The maximum absolute atomic E-state index is 3.57. The van der Waals surface area contributed by atoms with Crippen molar-refractivity contribution in [2.24, 2.45) is 5.92 Å². The van der Waals surface area contributed by atoms with Crippen LogP contribution in [0.15, 0.2) is 12.1 Å². The van der Waals surface area contributed by atoms with Gasteiger partial charge in [0, 0.05) is 0 Å². The summed E-state index contributed by atoms with van der Waals surface area (Å²) in [7, 11) is 0. The van der Waals surface area contributed by atoms with Crippen molar-refractivity contribution in [1.29, 1.82) is 0 Å². The minimum absolute atomic E-state index is 0. The van der Waals surface area contributed by atoms with Gasteiger partial charge >= 0.3 is 25.8 Å². The zero-order chi connectivity index (χ0) is 18.3. The van der Waals surface area contributed by atoms with Crippen molar-refractivity contribution >= 4 is 5.57 Å². The Bertz CT molecular complexity index is 750. The van der Waals surface area contributed by atoms with E-state index in [4.69, 9.17) is 0 Å². The fraction of sp³-hybridized carbons (Fsp3) is 0.444. The molecule has 150 valence electrons. The summed E-state index contributed by atoms with van der Waals surface area (Å²) in [6.45, 7) is 15.6. The van der Waals surface area contributed by atoms with E-state index in [1.165, 1.54) is 58.2 Å². The topological polar surface area (TPSA) is 0 Å². The van der Waals surface area contributed by atoms with Crippen LogP contribution < -0.4 is 0 Å². The zero-order valence-electron chi connectivity index (χ0n) is 19.6. The van der Waals surface area contributed by atoms with E-state index in [0.29, 0.717) is 5.92 Å². The van der Waals surface area contributed by atoms with Crippen molar-refractivity contribution in [2.45, 2.75) is 74.1 Å². The minimum Gasteiger partial charge on any atom is -0.358 e. The summed E-state index contributed by atoms with van der Waals surface area (Å²) in [6.07, 6.45) is 8.52. The monoisotopic (exact) mass is 542 g/mol. The van der Waals surface area contributed by atoms with Gasteiger partial charge in [-0.3, -0.25) is 6.08 Å². The fourth-order valence-corrected chi connectivity index (χ4v) is 4.38. The first kappa shape index (κ1) is 27.2. The molecule has 0 amide bonds. The van der Waals surface area contributed by atoms with Crippen LogP contribution >= 0.6 is 0 Å². The molecule has 0 atom stereocenters. The predicted octanol–water partition coefficient (Wildman–Crippen LogP) is 7.42. The van der Waals surface area contributed by atoms with Crippen LogP contribution in [0.2, 0.25) is 0 Å². The Morgan fingerprint density at radius 3 is 1.89 bits per heavy atom. The summed E-state index contributed by atoms with van der Waals surface area (Å²) >= 11 is 0. The number of hydrogen-bond acceptors (Lipinski definition) is 0. The smallest absolute Gasteiger partial charge is 0.358 e. The third-order valence-electron chi connectivity index (χ3n) is 6.50. The van der Waals surface area contributed by atoms with Gasteiger partial charge < -0.3 is 14.9 Å². The third-order valence-corrected chi connectivity index (χ3v) is 6.50. The second-order valence-electron chi connectivity index (χ2n) is 8.14. The molecule has 0 radical (unpaired) electrons. The van der Waals surface area contributed by atoms with Gasteiger partial charge in [-0.25, -0.2) is 5.57 Å². The molecule has 0 fully saturated rings. The van der Waals surface area contributed by atoms with Gasteiger partial charge in [-0.1, -0.05) is 72.1 Å². The summed E-state index contributed by atoms with van der Waals surface area (Å²) in [6, 6.07) is 4.66. The molecule has 0 saturated heterocycles. The van der Waals surface area contributed by atoms with Gasteiger partial charge in [0.1, 0.15) is 0 Å². The molecule has 28 heavy (non-hydrogen) atoms. The second-order valence-corrected chi connectivity index (χ2v) is 8.14. The van der Waals surface area contributed by atoms with Crippen LogP contribution in [0.5, 0.6) is 0 Å². The normalized spacial score (nSPS) is 13.4. The molecule has 4 rings (SSSR count). The van der Waals surface area contributed by atoms with E-state index < -0.39 is 0 Å². The van der Waals surface area contributed by atoms with Crippen LogP contribution in [0.25, 0.3) is 5.57 Å². The van der Waals surface area contributed by atoms with Crippen molar-refractivity contribution in [2.75, 3.05) is 0 Å². The van der Waals surface area contributed by atoms with Gasteiger partial charge in [-0.05, 0) is 19.3 Å². The van der Waals surface area contributed by atoms with E-state index in [-0.39, 0.29) is 40.7 Å². The number of hydrogen-bond donors (Lipinski definition) is 0. The van der Waals surface area contributed by atoms with Crippen molar-refractivity contribution in [1.82, 2.24) is 0 Å². The summed E-state index contributed by atoms with van der Waals surface area (Å²) in [5, 5.41) is 0. The SMILES string of the molecule is CC(C)C1=[C-]Cc2ccc3c(c21)CCC3.Cc1c(C)c(C)[c-](C)c1C.[CH3-].[CH3-].[Hf+4]. The van der Waals surface area contributed by atoms with Gasteiger partial charge in [0.25, 0.3) is 0 Å². The molecule has 1 heteroatoms. The molecule has 0 N–H and O–H groups in total. The first-order valence-electron chi connectivity index (χ1n) is 9.77. The number of benzene rings is 1. The van der Waals surface area contributed by atoms with Crippen LogP contribution in [0.4, 0.5) is 0 Å². The van der Waals surface area contributed by atoms with Crippen LogP contribution in [-0.4, -0.2) is 0 Å². The molecule has 0 aliphatic heterocycles. The Labute approximate surface area is 194 Å². The predicted molar refractivity (Wildman–Crippen MR) is 122 cm³/mol. The maximum atomic E-state index is 3.57. The molecule has 0 spiro atoms. The number of rotatable bonds is 1. The number of aryl methyl sites for hydroxylation is 1. The van der Waals surface area contributed by atoms with Crippen molar-refractivity contribution in [3.8, 4) is 0 Å². The molecular formula is C27H38Hf. The van der Waals surface area contributed by atoms with E-state index in [2.05, 4.69) is 66.7 Å². The number of fused-ring (bicyclic) bond motifs is 3. The minimum atomic E-state index is 0. The van der Waals surface area contributed by atoms with Gasteiger partial charge in [-0.15, -0.1) is 17.5 Å². The quantitative estimate of drug-likeness (QED) is 0.261. The molecule has 2 aromatic carbocycles. The van der Waals surface area contributed by atoms with Gasteiger partial charge in [0.05, 0.1) is 0 Å². The molecule has 0 saturated carbocycles. The van der Waals surface area contributed by atoms with Crippen LogP contribution in [0.1, 0.15) is 70.3 Å². The molecule has 0 heterocycles. The Morgan fingerprint density at radius 2 is 1.43 bits per heavy atom. The molecule has 0 nitrogen and oxygen atoms in total. The fourth-order valence-electron chi connectivity index (χ4n) is 4.38. The molecule has 0 aromatic heterocycles. The summed E-state index contributed by atoms with van der Waals surface area (Å²) in [5.41, 5.74) is 15.1. The van der Waals surface area contributed by atoms with E-state index in [9.17, 15) is 0 Å². The third kappa shape index (κ3) is 4.84. The van der Waals surface area contributed by atoms with Gasteiger partial charge in [0.15, 0.2) is 0 Å². The first-order valence-corrected chi connectivity index (χ1v) is 9.77. The van der Waals surface area contributed by atoms with Crippen molar-refractivity contribution in [3.05, 3.63) is 83.1 Å². The maximum Gasteiger partial charge on any atom is 4.00 e. The van der Waals surface area contributed by atoms with E-state index in [1.54, 1.807) is 16.7 Å². The van der Waals surface area contributed by atoms with Crippen molar-refractivity contribution in [3.63, 3.8) is 0 Å². The molecule has 0 unspecified atom stereocenters. The molecular weight excluding hydrogens is 503 g/mol. The van der Waals surface area contributed by atoms with Crippen LogP contribution in [0, 0.1) is 61.5 Å². The Morgan fingerprint density at radius 1 is 0.893 bits per heavy atom. The second kappa shape index (κ2) is 10.8. The van der Waals surface area contributed by atoms with Crippen LogP contribution in [-0.2, 0) is 45.1 Å². The number of allylic oxidation sites excluding steroid dienone is 2. The molecule has 2 aromatic rings. The van der Waals surface area contributed by atoms with Crippen LogP contribution in [0.3, 0.4) is 0 Å². The van der Waals surface area contributed by atoms with E-state index >= 15 is 0 Å². The zero-order valence-corrected chi connectivity index (χ0v) is 23.2. The van der Waals surface area contributed by atoms with Gasteiger partial charge in [0.2, 0.25) is 0 Å². The Hall–Kier alpha value is -0.820. The standard InChI is InChI=1S/C15H17.C10H15.2CH3.Hf/c1-10(2)13-9-8-12-7-6-11-4-3-5-14(11)15(12)13;1-6-7(2)9(4)10(5)8(6)3;;;/h6-7,10H,3-5,8H2,1-2H3;1-5H3;2*1H3;/q4*-1;+4. The van der Waals surface area contributed by atoms with E-state index in [0.717, 1.165) is 6.42 Å². The molecule has 2 aliphatic rings. The molecule has 0 bridgehead atoms. The Kier molecular flexibility index (Phi) is 10.5. The summed E-state index contributed by atoms with van der Waals surface area (Å²) in [4.78, 5) is 0. The van der Waals surface area contributed by atoms with Crippen molar-refractivity contribution < 1.29 is 25.8 Å². The average Bonchev–Trinajstić information content (AvgIpc) is 3.27. The summed E-state index contributed by atoms with van der Waals surface area (Å²) in [5.74, 6) is 0.623.